The Kier molecular flexibility index (Phi) is 7.37. The number of carboxylic acids is 1. The molecule has 0 fully saturated rings. The molecule has 2 aromatic rings. The first-order chi connectivity index (χ1) is 13.0. The zero-order valence-corrected chi connectivity index (χ0v) is 15.0. The van der Waals surface area contributed by atoms with E-state index in [0.29, 0.717) is 24.4 Å². The van der Waals surface area contributed by atoms with Gasteiger partial charge in [-0.15, -0.1) is 0 Å². The number of aryl methyl sites for hydroxylation is 1. The van der Waals surface area contributed by atoms with E-state index < -0.39 is 12.0 Å². The highest BCUT2D eigenvalue weighted by atomic mass is 16.5. The van der Waals surface area contributed by atoms with Crippen molar-refractivity contribution in [1.82, 2.24) is 0 Å². The summed E-state index contributed by atoms with van der Waals surface area (Å²) in [6.45, 7) is 2.07. The zero-order chi connectivity index (χ0) is 19.6. The molecule has 0 aliphatic heterocycles. The van der Waals surface area contributed by atoms with Crippen molar-refractivity contribution < 1.29 is 24.2 Å². The molecule has 7 heteroatoms. The minimum atomic E-state index is -0.867. The first-order valence-corrected chi connectivity index (χ1v) is 8.59. The van der Waals surface area contributed by atoms with Crippen LogP contribution in [-0.2, 0) is 27.2 Å². The highest BCUT2D eigenvalue weighted by Gasteiger charge is 2.07. The Balaban J connectivity index is 1.94. The Labute approximate surface area is 157 Å². The molecule has 0 saturated carbocycles. The standard InChI is InChI=1S/C20H22N2O5/c1-2-27-19(25)13-15-6-4-8-17(12-15)22-20(26)21-16-7-3-5-14(11-16)9-10-18(23)24/h3-8,11-12H,2,9-10,13H2,1H3,(H,23,24)(H2,21,22,26). The maximum Gasteiger partial charge on any atom is 0.323 e. The molecule has 0 bridgehead atoms. The maximum atomic E-state index is 12.2. The number of hydrogen-bond donors (Lipinski definition) is 3. The lowest BCUT2D eigenvalue weighted by molar-refractivity contribution is -0.142. The number of carbonyl (C=O) groups is 3. The number of ether oxygens (including phenoxy) is 1. The highest BCUT2D eigenvalue weighted by molar-refractivity contribution is 5.99. The number of anilines is 2. The van der Waals surface area contributed by atoms with Crippen molar-refractivity contribution in [2.45, 2.75) is 26.2 Å². The lowest BCUT2D eigenvalue weighted by atomic mass is 10.1. The number of rotatable bonds is 8. The first-order valence-electron chi connectivity index (χ1n) is 8.59. The number of carboxylic acid groups (broad SMARTS) is 1. The molecule has 0 aromatic heterocycles. The maximum absolute atomic E-state index is 12.2. The summed E-state index contributed by atoms with van der Waals surface area (Å²) in [4.78, 5) is 34.4. The molecule has 0 spiro atoms. The quantitative estimate of drug-likeness (QED) is 0.617. The van der Waals surface area contributed by atoms with E-state index in [1.807, 2.05) is 6.07 Å². The molecule has 0 aliphatic carbocycles. The number of esters is 1. The van der Waals surface area contributed by atoms with E-state index in [4.69, 9.17) is 9.84 Å². The van der Waals surface area contributed by atoms with Gasteiger partial charge in [-0.2, -0.15) is 0 Å². The summed E-state index contributed by atoms with van der Waals surface area (Å²) < 4.78 is 4.92. The second-order valence-corrected chi connectivity index (χ2v) is 5.86. The molecule has 7 nitrogen and oxygen atoms in total. The third-order valence-electron chi connectivity index (χ3n) is 3.65. The van der Waals surface area contributed by atoms with E-state index in [9.17, 15) is 14.4 Å². The van der Waals surface area contributed by atoms with Crippen LogP contribution in [0.15, 0.2) is 48.5 Å². The molecule has 0 aliphatic rings. The van der Waals surface area contributed by atoms with E-state index in [2.05, 4.69) is 10.6 Å². The second-order valence-electron chi connectivity index (χ2n) is 5.86. The molecule has 142 valence electrons. The SMILES string of the molecule is CCOC(=O)Cc1cccc(NC(=O)Nc2cccc(CCC(=O)O)c2)c1. The minimum absolute atomic E-state index is 0.0307. The molecule has 0 radical (unpaired) electrons. The van der Waals surface area contributed by atoms with E-state index in [1.165, 1.54) is 0 Å². The molecule has 0 atom stereocenters. The zero-order valence-electron chi connectivity index (χ0n) is 15.0. The molecule has 2 aromatic carbocycles. The largest absolute Gasteiger partial charge is 0.481 e. The van der Waals surface area contributed by atoms with Gasteiger partial charge in [-0.25, -0.2) is 4.79 Å². The molecule has 0 saturated heterocycles. The molecule has 2 rings (SSSR count). The van der Waals surface area contributed by atoms with Crippen LogP contribution < -0.4 is 10.6 Å². The van der Waals surface area contributed by atoms with Gasteiger partial charge in [0.25, 0.3) is 0 Å². The van der Waals surface area contributed by atoms with Crippen LogP contribution in [0.2, 0.25) is 0 Å². The number of carbonyl (C=O) groups excluding carboxylic acids is 2. The summed E-state index contributed by atoms with van der Waals surface area (Å²) in [5, 5.41) is 14.2. The van der Waals surface area contributed by atoms with Crippen molar-refractivity contribution in [1.29, 1.82) is 0 Å². The van der Waals surface area contributed by atoms with Crippen LogP contribution in [0, 0.1) is 0 Å². The van der Waals surface area contributed by atoms with Crippen LogP contribution in [0.25, 0.3) is 0 Å². The van der Waals surface area contributed by atoms with Gasteiger partial charge in [-0.05, 0) is 48.7 Å². The van der Waals surface area contributed by atoms with Gasteiger partial charge in [0, 0.05) is 17.8 Å². The van der Waals surface area contributed by atoms with E-state index in [0.717, 1.165) is 11.1 Å². The second kappa shape index (κ2) is 9.96. The van der Waals surface area contributed by atoms with Gasteiger partial charge >= 0.3 is 18.0 Å². The smallest absolute Gasteiger partial charge is 0.323 e. The van der Waals surface area contributed by atoms with Crippen LogP contribution in [0.3, 0.4) is 0 Å². The van der Waals surface area contributed by atoms with Gasteiger partial charge in [0.15, 0.2) is 0 Å². The number of hydrogen-bond acceptors (Lipinski definition) is 4. The number of amides is 2. The van der Waals surface area contributed by atoms with E-state index in [1.54, 1.807) is 49.4 Å². The van der Waals surface area contributed by atoms with Crippen molar-refractivity contribution in [3.63, 3.8) is 0 Å². The lowest BCUT2D eigenvalue weighted by Crippen LogP contribution is -2.19. The van der Waals surface area contributed by atoms with Gasteiger partial charge < -0.3 is 20.5 Å². The first kappa shape index (κ1) is 20.0. The molecule has 2 amide bonds. The normalized spacial score (nSPS) is 10.1. The third-order valence-corrected chi connectivity index (χ3v) is 3.65. The Bertz CT molecular complexity index is 820. The van der Waals surface area contributed by atoms with Crippen LogP contribution in [0.4, 0.5) is 16.2 Å². The summed E-state index contributed by atoms with van der Waals surface area (Å²) in [7, 11) is 0. The molecular weight excluding hydrogens is 348 g/mol. The summed E-state index contributed by atoms with van der Waals surface area (Å²) >= 11 is 0. The van der Waals surface area contributed by atoms with Gasteiger partial charge in [0.05, 0.1) is 13.0 Å². The summed E-state index contributed by atoms with van der Waals surface area (Å²) in [6, 6.07) is 13.6. The molecular formula is C20H22N2O5. The number of aliphatic carboxylic acids is 1. The fourth-order valence-corrected chi connectivity index (χ4v) is 2.49. The predicted molar refractivity (Wildman–Crippen MR) is 102 cm³/mol. The van der Waals surface area contributed by atoms with Crippen molar-refractivity contribution in [3.8, 4) is 0 Å². The lowest BCUT2D eigenvalue weighted by Gasteiger charge is -2.10. The van der Waals surface area contributed by atoms with Gasteiger partial charge in [-0.3, -0.25) is 9.59 Å². The number of nitrogens with one attached hydrogen (secondary N) is 2. The highest BCUT2D eigenvalue weighted by Crippen LogP contribution is 2.15. The summed E-state index contributed by atoms with van der Waals surface area (Å²) in [6.07, 6.45) is 0.557. The summed E-state index contributed by atoms with van der Waals surface area (Å²) in [5.74, 6) is -1.19. The van der Waals surface area contributed by atoms with Gasteiger partial charge in [-0.1, -0.05) is 24.3 Å². The van der Waals surface area contributed by atoms with Crippen LogP contribution in [-0.4, -0.2) is 29.7 Å². The number of benzene rings is 2. The Hall–Kier alpha value is -3.35. The van der Waals surface area contributed by atoms with Crippen LogP contribution in [0.5, 0.6) is 0 Å². The Morgan fingerprint density at radius 2 is 1.56 bits per heavy atom. The van der Waals surface area contributed by atoms with E-state index >= 15 is 0 Å². The molecule has 0 heterocycles. The van der Waals surface area contributed by atoms with E-state index in [-0.39, 0.29) is 18.8 Å². The Morgan fingerprint density at radius 1 is 0.963 bits per heavy atom. The van der Waals surface area contributed by atoms with Crippen LogP contribution >= 0.6 is 0 Å². The van der Waals surface area contributed by atoms with Crippen molar-refractivity contribution in [3.05, 3.63) is 59.7 Å². The third kappa shape index (κ3) is 7.19. The minimum Gasteiger partial charge on any atom is -0.481 e. The molecule has 27 heavy (non-hydrogen) atoms. The average molecular weight is 370 g/mol. The fourth-order valence-electron chi connectivity index (χ4n) is 2.49. The molecule has 3 N–H and O–H groups in total. The number of urea groups is 1. The monoisotopic (exact) mass is 370 g/mol. The predicted octanol–water partition coefficient (Wildman–Crippen LogP) is 3.45. The molecule has 0 unspecified atom stereocenters. The van der Waals surface area contributed by atoms with Gasteiger partial charge in [0.2, 0.25) is 0 Å². The average Bonchev–Trinajstić information content (AvgIpc) is 2.60. The summed E-state index contributed by atoms with van der Waals surface area (Å²) in [5.41, 5.74) is 2.68. The van der Waals surface area contributed by atoms with Crippen molar-refractivity contribution in [2.24, 2.45) is 0 Å². The van der Waals surface area contributed by atoms with Gasteiger partial charge in [0.1, 0.15) is 0 Å². The van der Waals surface area contributed by atoms with Crippen molar-refractivity contribution in [2.75, 3.05) is 17.2 Å². The Morgan fingerprint density at radius 3 is 2.15 bits per heavy atom. The van der Waals surface area contributed by atoms with Crippen molar-refractivity contribution >= 4 is 29.3 Å². The topological polar surface area (TPSA) is 105 Å². The van der Waals surface area contributed by atoms with Crippen LogP contribution in [0.1, 0.15) is 24.5 Å². The fraction of sp³-hybridized carbons (Fsp3) is 0.250.